The van der Waals surface area contributed by atoms with Gasteiger partial charge in [-0.05, 0) is 25.1 Å². The molecular weight excluding hydrogens is 283 g/mol. The van der Waals surface area contributed by atoms with Crippen LogP contribution < -0.4 is 5.32 Å². The van der Waals surface area contributed by atoms with Crippen LogP contribution in [0.4, 0.5) is 18.9 Å². The molecule has 20 heavy (non-hydrogen) atoms. The molecule has 0 fully saturated rings. The summed E-state index contributed by atoms with van der Waals surface area (Å²) in [4.78, 5) is 0.454. The topological polar surface area (TPSA) is 12.0 Å². The number of alkyl halides is 2. The molecule has 0 unspecified atom stereocenters. The number of benzene rings is 2. The molecule has 5 heteroatoms. The average Bonchev–Trinajstić information content (AvgIpc) is 2.41. The van der Waals surface area contributed by atoms with Crippen LogP contribution in [0.25, 0.3) is 0 Å². The maximum atomic E-state index is 13.6. The van der Waals surface area contributed by atoms with Crippen molar-refractivity contribution in [2.24, 2.45) is 0 Å². The van der Waals surface area contributed by atoms with E-state index >= 15 is 0 Å². The summed E-state index contributed by atoms with van der Waals surface area (Å²) in [7, 11) is 0. The number of aryl methyl sites for hydroxylation is 1. The number of rotatable bonds is 5. The maximum absolute atomic E-state index is 13.6. The predicted molar refractivity (Wildman–Crippen MR) is 76.8 cm³/mol. The Morgan fingerprint density at radius 1 is 1.15 bits per heavy atom. The maximum Gasteiger partial charge on any atom is 0.288 e. The highest BCUT2D eigenvalue weighted by Crippen LogP contribution is 2.31. The fourth-order valence-electron chi connectivity index (χ4n) is 1.84. The van der Waals surface area contributed by atoms with Crippen molar-refractivity contribution in [2.45, 2.75) is 24.1 Å². The standard InChI is InChI=1S/C15H14F3NS/c1-10-6-7-12(16)11(8-10)9-19-13-4-2-3-5-14(13)20-15(17)18/h2-8,15,19H,9H2,1H3. The van der Waals surface area contributed by atoms with Gasteiger partial charge in [0.2, 0.25) is 0 Å². The van der Waals surface area contributed by atoms with E-state index in [2.05, 4.69) is 5.32 Å². The van der Waals surface area contributed by atoms with Gasteiger partial charge in [-0.2, -0.15) is 8.78 Å². The quantitative estimate of drug-likeness (QED) is 0.774. The zero-order valence-corrected chi connectivity index (χ0v) is 11.7. The lowest BCUT2D eigenvalue weighted by atomic mass is 10.1. The van der Waals surface area contributed by atoms with E-state index < -0.39 is 5.76 Å². The second-order valence-electron chi connectivity index (χ2n) is 4.32. The first-order valence-electron chi connectivity index (χ1n) is 6.09. The number of anilines is 1. The van der Waals surface area contributed by atoms with Gasteiger partial charge in [-0.1, -0.05) is 41.6 Å². The van der Waals surface area contributed by atoms with Crippen LogP contribution in [-0.2, 0) is 6.54 Å². The number of nitrogens with one attached hydrogen (secondary N) is 1. The molecule has 0 spiro atoms. The van der Waals surface area contributed by atoms with Crippen molar-refractivity contribution in [3.05, 3.63) is 59.4 Å². The van der Waals surface area contributed by atoms with E-state index in [1.54, 1.807) is 36.4 Å². The van der Waals surface area contributed by atoms with Gasteiger partial charge in [0.25, 0.3) is 5.76 Å². The Morgan fingerprint density at radius 2 is 1.90 bits per heavy atom. The highest BCUT2D eigenvalue weighted by molar-refractivity contribution is 7.99. The SMILES string of the molecule is Cc1ccc(F)c(CNc2ccccc2SC(F)F)c1. The molecule has 0 aromatic heterocycles. The van der Waals surface area contributed by atoms with Crippen LogP contribution in [-0.4, -0.2) is 5.76 Å². The minimum absolute atomic E-state index is 0.258. The smallest absolute Gasteiger partial charge is 0.288 e. The molecule has 0 aliphatic rings. The van der Waals surface area contributed by atoms with Gasteiger partial charge in [-0.15, -0.1) is 0 Å². The molecule has 0 heterocycles. The first kappa shape index (κ1) is 14.8. The molecule has 0 bridgehead atoms. The summed E-state index contributed by atoms with van der Waals surface area (Å²) in [6.45, 7) is 2.14. The van der Waals surface area contributed by atoms with Crippen LogP contribution in [0.5, 0.6) is 0 Å². The lowest BCUT2D eigenvalue weighted by Crippen LogP contribution is -2.03. The van der Waals surface area contributed by atoms with Gasteiger partial charge in [0, 0.05) is 22.7 Å². The van der Waals surface area contributed by atoms with Crippen molar-refractivity contribution in [1.82, 2.24) is 0 Å². The van der Waals surface area contributed by atoms with Gasteiger partial charge >= 0.3 is 0 Å². The Morgan fingerprint density at radius 3 is 2.65 bits per heavy atom. The van der Waals surface area contributed by atoms with Crippen molar-refractivity contribution < 1.29 is 13.2 Å². The fraction of sp³-hybridized carbons (Fsp3) is 0.200. The van der Waals surface area contributed by atoms with Crippen LogP contribution in [0.2, 0.25) is 0 Å². The first-order chi connectivity index (χ1) is 9.56. The zero-order chi connectivity index (χ0) is 14.5. The number of thioether (sulfide) groups is 1. The van der Waals surface area contributed by atoms with Gasteiger partial charge in [0.05, 0.1) is 0 Å². The van der Waals surface area contributed by atoms with Crippen molar-refractivity contribution >= 4 is 17.4 Å². The molecule has 106 valence electrons. The fourth-order valence-corrected chi connectivity index (χ4v) is 2.46. The number of hydrogen-bond donors (Lipinski definition) is 1. The van der Waals surface area contributed by atoms with Crippen LogP contribution in [0.15, 0.2) is 47.4 Å². The minimum Gasteiger partial charge on any atom is -0.380 e. The van der Waals surface area contributed by atoms with Crippen LogP contribution in [0, 0.1) is 12.7 Å². The summed E-state index contributed by atoms with van der Waals surface area (Å²) in [5.74, 6) is -2.78. The molecule has 0 atom stereocenters. The summed E-state index contributed by atoms with van der Waals surface area (Å²) >= 11 is 0.478. The molecule has 0 amide bonds. The molecule has 2 aromatic rings. The molecule has 0 aliphatic heterocycles. The molecule has 0 aliphatic carbocycles. The number of hydrogen-bond acceptors (Lipinski definition) is 2. The van der Waals surface area contributed by atoms with Gasteiger partial charge in [0.15, 0.2) is 0 Å². The monoisotopic (exact) mass is 297 g/mol. The van der Waals surface area contributed by atoms with Gasteiger partial charge in [-0.3, -0.25) is 0 Å². The normalized spacial score (nSPS) is 10.8. The van der Waals surface area contributed by atoms with Gasteiger partial charge < -0.3 is 5.32 Å². The molecule has 2 rings (SSSR count). The Balaban J connectivity index is 2.12. The summed E-state index contributed by atoms with van der Waals surface area (Å²) in [6, 6.07) is 11.6. The molecule has 0 saturated heterocycles. The average molecular weight is 297 g/mol. The number of para-hydroxylation sites is 1. The van der Waals surface area contributed by atoms with Gasteiger partial charge in [0.1, 0.15) is 5.82 Å². The minimum atomic E-state index is -2.48. The van der Waals surface area contributed by atoms with Crippen molar-refractivity contribution in [3.63, 3.8) is 0 Å². The van der Waals surface area contributed by atoms with E-state index in [1.807, 2.05) is 6.92 Å². The highest BCUT2D eigenvalue weighted by Gasteiger charge is 2.10. The second-order valence-corrected chi connectivity index (χ2v) is 5.35. The van der Waals surface area contributed by atoms with E-state index in [0.717, 1.165) is 5.56 Å². The Bertz CT molecular complexity index is 587. The Hall–Kier alpha value is -1.62. The molecule has 1 nitrogen and oxygen atoms in total. The molecule has 2 aromatic carbocycles. The Labute approximate surface area is 120 Å². The largest absolute Gasteiger partial charge is 0.380 e. The third-order valence-corrected chi connectivity index (χ3v) is 3.56. The highest BCUT2D eigenvalue weighted by atomic mass is 32.2. The Kier molecular flexibility index (Phi) is 4.95. The lowest BCUT2D eigenvalue weighted by Gasteiger charge is -2.12. The molecular formula is C15H14F3NS. The van der Waals surface area contributed by atoms with Crippen molar-refractivity contribution in [1.29, 1.82) is 0 Å². The zero-order valence-electron chi connectivity index (χ0n) is 10.9. The summed E-state index contributed by atoms with van der Waals surface area (Å²) in [5, 5.41) is 3.01. The summed E-state index contributed by atoms with van der Waals surface area (Å²) in [6.07, 6.45) is 0. The lowest BCUT2D eigenvalue weighted by molar-refractivity contribution is 0.252. The van der Waals surface area contributed by atoms with Crippen molar-refractivity contribution in [3.8, 4) is 0 Å². The van der Waals surface area contributed by atoms with E-state index in [-0.39, 0.29) is 12.4 Å². The number of halogens is 3. The molecule has 0 saturated carbocycles. The molecule has 1 N–H and O–H groups in total. The second kappa shape index (κ2) is 6.70. The van der Waals surface area contributed by atoms with Crippen LogP contribution in [0.1, 0.15) is 11.1 Å². The predicted octanol–water partition coefficient (Wildman–Crippen LogP) is 5.06. The van der Waals surface area contributed by atoms with E-state index in [0.29, 0.717) is 27.9 Å². The van der Waals surface area contributed by atoms with Crippen LogP contribution >= 0.6 is 11.8 Å². The van der Waals surface area contributed by atoms with E-state index in [1.165, 1.54) is 6.07 Å². The summed E-state index contributed by atoms with van der Waals surface area (Å²) < 4.78 is 38.5. The third kappa shape index (κ3) is 3.93. The third-order valence-electron chi connectivity index (χ3n) is 2.77. The first-order valence-corrected chi connectivity index (χ1v) is 6.97. The van der Waals surface area contributed by atoms with E-state index in [9.17, 15) is 13.2 Å². The molecule has 0 radical (unpaired) electrons. The van der Waals surface area contributed by atoms with Gasteiger partial charge in [-0.25, -0.2) is 4.39 Å². The summed E-state index contributed by atoms with van der Waals surface area (Å²) in [5.41, 5.74) is 2.05. The van der Waals surface area contributed by atoms with Crippen LogP contribution in [0.3, 0.4) is 0 Å². The van der Waals surface area contributed by atoms with E-state index in [4.69, 9.17) is 0 Å². The van der Waals surface area contributed by atoms with Crippen molar-refractivity contribution in [2.75, 3.05) is 5.32 Å².